The van der Waals surface area contributed by atoms with Gasteiger partial charge in [0.05, 0.1) is 18.4 Å². The number of ether oxygens (including phenoxy) is 2. The largest absolute Gasteiger partial charge is 0.484 e. The lowest BCUT2D eigenvalue weighted by Crippen LogP contribution is -2.24. The molecule has 0 saturated heterocycles. The van der Waals surface area contributed by atoms with Crippen molar-refractivity contribution < 1.29 is 19.1 Å². The van der Waals surface area contributed by atoms with Crippen molar-refractivity contribution in [1.82, 2.24) is 5.43 Å². The highest BCUT2D eigenvalue weighted by Gasteiger charge is 2.06. The number of hydrazone groups is 1. The third-order valence-electron chi connectivity index (χ3n) is 2.66. The van der Waals surface area contributed by atoms with E-state index in [2.05, 4.69) is 10.5 Å². The molecule has 120 valence electrons. The SMILES string of the molecule is CCOC(=O)c1ccc(OCC(=O)N/N=C/c2cccs2)cc1. The van der Waals surface area contributed by atoms with Gasteiger partial charge in [-0.25, -0.2) is 10.2 Å². The minimum absolute atomic E-state index is 0.166. The molecule has 0 radical (unpaired) electrons. The van der Waals surface area contributed by atoms with Gasteiger partial charge in [-0.1, -0.05) is 6.07 Å². The summed E-state index contributed by atoms with van der Waals surface area (Å²) < 4.78 is 10.2. The molecule has 0 atom stereocenters. The zero-order valence-electron chi connectivity index (χ0n) is 12.5. The minimum Gasteiger partial charge on any atom is -0.484 e. The molecule has 0 aliphatic rings. The molecule has 1 aromatic carbocycles. The molecule has 23 heavy (non-hydrogen) atoms. The molecular formula is C16H16N2O4S. The van der Waals surface area contributed by atoms with Gasteiger partial charge in [-0.3, -0.25) is 4.79 Å². The first kappa shape index (κ1) is 16.7. The number of amides is 1. The number of hydrogen-bond acceptors (Lipinski definition) is 6. The second kappa shape index (κ2) is 8.70. The third-order valence-corrected chi connectivity index (χ3v) is 3.47. The van der Waals surface area contributed by atoms with Gasteiger partial charge in [-0.05, 0) is 42.6 Å². The predicted octanol–water partition coefficient (Wildman–Crippen LogP) is 2.45. The van der Waals surface area contributed by atoms with Crippen molar-refractivity contribution in [3.8, 4) is 5.75 Å². The maximum atomic E-state index is 11.6. The molecule has 1 amide bonds. The molecule has 0 fully saturated rings. The number of benzene rings is 1. The van der Waals surface area contributed by atoms with Crippen LogP contribution in [-0.4, -0.2) is 31.3 Å². The standard InChI is InChI=1S/C16H16N2O4S/c1-2-21-16(20)12-5-7-13(8-6-12)22-11-15(19)18-17-10-14-4-3-9-23-14/h3-10H,2,11H2,1H3,(H,18,19)/b17-10+. The highest BCUT2D eigenvalue weighted by atomic mass is 32.1. The Kier molecular flexibility index (Phi) is 6.31. The first-order valence-corrected chi connectivity index (χ1v) is 7.82. The molecule has 0 bridgehead atoms. The van der Waals surface area contributed by atoms with Gasteiger partial charge >= 0.3 is 5.97 Å². The molecule has 1 heterocycles. The van der Waals surface area contributed by atoms with Gasteiger partial charge in [-0.15, -0.1) is 11.3 Å². The van der Waals surface area contributed by atoms with Crippen molar-refractivity contribution in [1.29, 1.82) is 0 Å². The number of carbonyl (C=O) groups is 2. The first-order valence-electron chi connectivity index (χ1n) is 6.94. The van der Waals surface area contributed by atoms with E-state index in [-0.39, 0.29) is 18.5 Å². The van der Waals surface area contributed by atoms with Crippen LogP contribution in [0.3, 0.4) is 0 Å². The Morgan fingerprint density at radius 1 is 1.26 bits per heavy atom. The molecule has 6 nitrogen and oxygen atoms in total. The fourth-order valence-electron chi connectivity index (χ4n) is 1.62. The first-order chi connectivity index (χ1) is 11.2. The summed E-state index contributed by atoms with van der Waals surface area (Å²) in [6.07, 6.45) is 1.57. The lowest BCUT2D eigenvalue weighted by molar-refractivity contribution is -0.123. The molecule has 0 unspecified atom stereocenters. The summed E-state index contributed by atoms with van der Waals surface area (Å²) in [4.78, 5) is 24.0. The Balaban J connectivity index is 1.76. The van der Waals surface area contributed by atoms with Gasteiger partial charge < -0.3 is 9.47 Å². The number of hydrogen-bond donors (Lipinski definition) is 1. The van der Waals surface area contributed by atoms with E-state index in [0.717, 1.165) is 4.88 Å². The summed E-state index contributed by atoms with van der Waals surface area (Å²) in [5.74, 6) is -0.276. The molecular weight excluding hydrogens is 316 g/mol. The van der Waals surface area contributed by atoms with E-state index >= 15 is 0 Å². The van der Waals surface area contributed by atoms with Crippen LogP contribution in [0.2, 0.25) is 0 Å². The van der Waals surface area contributed by atoms with Crippen molar-refractivity contribution in [2.75, 3.05) is 13.2 Å². The lowest BCUT2D eigenvalue weighted by atomic mass is 10.2. The van der Waals surface area contributed by atoms with E-state index in [4.69, 9.17) is 9.47 Å². The van der Waals surface area contributed by atoms with E-state index in [9.17, 15) is 9.59 Å². The van der Waals surface area contributed by atoms with Crippen molar-refractivity contribution in [3.05, 3.63) is 52.2 Å². The fraction of sp³-hybridized carbons (Fsp3) is 0.188. The number of nitrogens with zero attached hydrogens (tertiary/aromatic N) is 1. The van der Waals surface area contributed by atoms with Gasteiger partial charge in [0, 0.05) is 4.88 Å². The molecule has 7 heteroatoms. The fourth-order valence-corrected chi connectivity index (χ4v) is 2.20. The monoisotopic (exact) mass is 332 g/mol. The van der Waals surface area contributed by atoms with Crippen LogP contribution in [0.15, 0.2) is 46.9 Å². The number of rotatable bonds is 7. The Bertz CT molecular complexity index is 666. The van der Waals surface area contributed by atoms with Crippen LogP contribution in [-0.2, 0) is 9.53 Å². The van der Waals surface area contributed by atoms with Crippen molar-refractivity contribution >= 4 is 29.4 Å². The van der Waals surface area contributed by atoms with Crippen LogP contribution >= 0.6 is 11.3 Å². The van der Waals surface area contributed by atoms with E-state index in [0.29, 0.717) is 17.9 Å². The minimum atomic E-state index is -0.389. The summed E-state index contributed by atoms with van der Waals surface area (Å²) in [5, 5.41) is 5.75. The summed E-state index contributed by atoms with van der Waals surface area (Å²) in [6, 6.07) is 10.2. The smallest absolute Gasteiger partial charge is 0.338 e. The maximum Gasteiger partial charge on any atom is 0.338 e. The van der Waals surface area contributed by atoms with E-state index < -0.39 is 0 Å². The van der Waals surface area contributed by atoms with Gasteiger partial charge in [-0.2, -0.15) is 5.10 Å². The summed E-state index contributed by atoms with van der Waals surface area (Å²) >= 11 is 1.52. The van der Waals surface area contributed by atoms with E-state index in [1.165, 1.54) is 11.3 Å². The molecule has 0 aliphatic carbocycles. The van der Waals surface area contributed by atoms with Crippen LogP contribution < -0.4 is 10.2 Å². The molecule has 1 N–H and O–H groups in total. The van der Waals surface area contributed by atoms with E-state index in [1.807, 2.05) is 17.5 Å². The van der Waals surface area contributed by atoms with Gasteiger partial charge in [0.25, 0.3) is 5.91 Å². The normalized spacial score (nSPS) is 10.5. The zero-order chi connectivity index (χ0) is 16.5. The van der Waals surface area contributed by atoms with Crippen molar-refractivity contribution in [3.63, 3.8) is 0 Å². The number of carbonyl (C=O) groups excluding carboxylic acids is 2. The second-order valence-corrected chi connectivity index (χ2v) is 5.32. The van der Waals surface area contributed by atoms with Crippen molar-refractivity contribution in [2.24, 2.45) is 5.10 Å². The molecule has 0 aliphatic heterocycles. The third kappa shape index (κ3) is 5.55. The lowest BCUT2D eigenvalue weighted by Gasteiger charge is -2.06. The summed E-state index contributed by atoms with van der Waals surface area (Å²) in [5.41, 5.74) is 2.81. The predicted molar refractivity (Wildman–Crippen MR) is 87.9 cm³/mol. The van der Waals surface area contributed by atoms with Crippen LogP contribution in [0.1, 0.15) is 22.2 Å². The highest BCUT2D eigenvalue weighted by Crippen LogP contribution is 2.12. The van der Waals surface area contributed by atoms with Gasteiger partial charge in [0.2, 0.25) is 0 Å². The molecule has 0 spiro atoms. The summed E-state index contributed by atoms with van der Waals surface area (Å²) in [7, 11) is 0. The molecule has 2 aromatic rings. The number of thiophene rings is 1. The summed E-state index contributed by atoms with van der Waals surface area (Å²) in [6.45, 7) is 1.90. The van der Waals surface area contributed by atoms with Crippen LogP contribution in [0, 0.1) is 0 Å². The average Bonchev–Trinajstić information content (AvgIpc) is 3.07. The van der Waals surface area contributed by atoms with Crippen LogP contribution in [0.4, 0.5) is 0 Å². The Morgan fingerprint density at radius 3 is 2.70 bits per heavy atom. The molecule has 2 rings (SSSR count). The second-order valence-electron chi connectivity index (χ2n) is 4.34. The van der Waals surface area contributed by atoms with Gasteiger partial charge in [0.15, 0.2) is 6.61 Å². The molecule has 1 aromatic heterocycles. The van der Waals surface area contributed by atoms with Gasteiger partial charge in [0.1, 0.15) is 5.75 Å². The molecule has 0 saturated carbocycles. The topological polar surface area (TPSA) is 77.0 Å². The van der Waals surface area contributed by atoms with Crippen molar-refractivity contribution in [2.45, 2.75) is 6.92 Å². The zero-order valence-corrected chi connectivity index (χ0v) is 13.3. The Labute approximate surface area is 137 Å². The Hall–Kier alpha value is -2.67. The quantitative estimate of drug-likeness (QED) is 0.480. The highest BCUT2D eigenvalue weighted by molar-refractivity contribution is 7.11. The van der Waals surface area contributed by atoms with Crippen LogP contribution in [0.5, 0.6) is 5.75 Å². The average molecular weight is 332 g/mol. The number of nitrogens with one attached hydrogen (secondary N) is 1. The maximum absolute atomic E-state index is 11.6. The van der Waals surface area contributed by atoms with E-state index in [1.54, 1.807) is 37.4 Å². The Morgan fingerprint density at radius 2 is 2.04 bits per heavy atom. The van der Waals surface area contributed by atoms with Crippen LogP contribution in [0.25, 0.3) is 0 Å². The number of esters is 1.